The molecule has 0 spiro atoms. The van der Waals surface area contributed by atoms with Gasteiger partial charge in [0.25, 0.3) is 5.91 Å². The Labute approximate surface area is 152 Å². The number of benzene rings is 2. The molecular formula is C17H14BrClN2OS. The van der Waals surface area contributed by atoms with Crippen LogP contribution in [0.5, 0.6) is 0 Å². The Morgan fingerprint density at radius 1 is 1.22 bits per heavy atom. The number of hydrogen-bond acceptors (Lipinski definition) is 3. The topological polar surface area (TPSA) is 32.7 Å². The lowest BCUT2D eigenvalue weighted by Crippen LogP contribution is -2.33. The first-order valence-electron chi connectivity index (χ1n) is 7.14. The fourth-order valence-corrected chi connectivity index (χ4v) is 4.06. The van der Waals surface area contributed by atoms with Gasteiger partial charge in [-0.1, -0.05) is 53.7 Å². The van der Waals surface area contributed by atoms with Gasteiger partial charge in [-0.2, -0.15) is 0 Å². The van der Waals surface area contributed by atoms with Gasteiger partial charge in [-0.3, -0.25) is 14.7 Å². The summed E-state index contributed by atoms with van der Waals surface area (Å²) in [5.41, 5.74) is 1.70. The van der Waals surface area contributed by atoms with Gasteiger partial charge in [-0.25, -0.2) is 0 Å². The summed E-state index contributed by atoms with van der Waals surface area (Å²) in [4.78, 5) is 18.9. The van der Waals surface area contributed by atoms with Crippen LogP contribution in [-0.2, 0) is 5.75 Å². The van der Waals surface area contributed by atoms with Crippen molar-refractivity contribution < 1.29 is 4.79 Å². The average molecular weight is 410 g/mol. The molecule has 1 heterocycles. The molecule has 1 aliphatic heterocycles. The minimum Gasteiger partial charge on any atom is -0.286 e. The van der Waals surface area contributed by atoms with Crippen LogP contribution in [0.25, 0.3) is 0 Å². The normalized spacial score (nSPS) is 14.0. The Hall–Kier alpha value is -1.30. The predicted molar refractivity (Wildman–Crippen MR) is 100 cm³/mol. The maximum Gasteiger partial charge on any atom is 0.261 e. The highest BCUT2D eigenvalue weighted by molar-refractivity contribution is 9.10. The molecule has 6 heteroatoms. The Kier molecular flexibility index (Phi) is 5.41. The van der Waals surface area contributed by atoms with Crippen molar-refractivity contribution in [2.45, 2.75) is 5.75 Å². The number of amidine groups is 1. The van der Waals surface area contributed by atoms with E-state index in [4.69, 9.17) is 11.6 Å². The van der Waals surface area contributed by atoms with E-state index in [1.165, 1.54) is 0 Å². The lowest BCUT2D eigenvalue weighted by atomic mass is 10.2. The van der Waals surface area contributed by atoms with Gasteiger partial charge in [-0.05, 0) is 39.7 Å². The predicted octanol–water partition coefficient (Wildman–Crippen LogP) is 4.85. The maximum atomic E-state index is 12.7. The molecule has 1 amide bonds. The quantitative estimate of drug-likeness (QED) is 0.726. The maximum absolute atomic E-state index is 12.7. The van der Waals surface area contributed by atoms with Crippen LogP contribution in [0, 0.1) is 0 Å². The van der Waals surface area contributed by atoms with Gasteiger partial charge in [0.2, 0.25) is 0 Å². The van der Waals surface area contributed by atoms with Gasteiger partial charge >= 0.3 is 0 Å². The van der Waals surface area contributed by atoms with Crippen LogP contribution in [0.3, 0.4) is 0 Å². The third kappa shape index (κ3) is 3.79. The van der Waals surface area contributed by atoms with E-state index in [2.05, 4.69) is 20.9 Å². The third-order valence-electron chi connectivity index (χ3n) is 3.47. The van der Waals surface area contributed by atoms with Crippen molar-refractivity contribution in [3.8, 4) is 0 Å². The van der Waals surface area contributed by atoms with Crippen molar-refractivity contribution in [2.75, 3.05) is 13.1 Å². The molecule has 118 valence electrons. The number of amides is 1. The van der Waals surface area contributed by atoms with E-state index >= 15 is 0 Å². The van der Waals surface area contributed by atoms with Crippen molar-refractivity contribution in [3.63, 3.8) is 0 Å². The van der Waals surface area contributed by atoms with Gasteiger partial charge in [-0.15, -0.1) is 0 Å². The number of nitrogens with zero attached hydrogens (tertiary/aromatic N) is 2. The van der Waals surface area contributed by atoms with Crippen molar-refractivity contribution in [3.05, 3.63) is 69.2 Å². The molecule has 0 N–H and O–H groups in total. The Morgan fingerprint density at radius 3 is 2.74 bits per heavy atom. The minimum atomic E-state index is -0.0274. The Balaban J connectivity index is 1.72. The van der Waals surface area contributed by atoms with Gasteiger partial charge in [0.05, 0.1) is 12.1 Å². The van der Waals surface area contributed by atoms with Crippen LogP contribution in [-0.4, -0.2) is 29.1 Å². The molecule has 0 saturated carbocycles. The fourth-order valence-electron chi connectivity index (χ4n) is 2.28. The number of carbonyl (C=O) groups is 1. The molecule has 1 aliphatic rings. The van der Waals surface area contributed by atoms with Crippen molar-refractivity contribution >= 4 is 50.4 Å². The van der Waals surface area contributed by atoms with E-state index in [1.54, 1.807) is 16.7 Å². The van der Waals surface area contributed by atoms with E-state index < -0.39 is 0 Å². The van der Waals surface area contributed by atoms with Crippen LogP contribution in [0.1, 0.15) is 15.9 Å². The second kappa shape index (κ2) is 7.51. The number of aliphatic imine (C=N–C) groups is 1. The summed E-state index contributed by atoms with van der Waals surface area (Å²) in [5, 5.41) is 1.49. The Bertz CT molecular complexity index is 766. The first-order valence-corrected chi connectivity index (χ1v) is 9.29. The molecule has 0 unspecified atom stereocenters. The zero-order valence-electron chi connectivity index (χ0n) is 12.2. The number of rotatable bonds is 3. The molecule has 0 aliphatic carbocycles. The highest BCUT2D eigenvalue weighted by Crippen LogP contribution is 2.26. The van der Waals surface area contributed by atoms with Crippen molar-refractivity contribution in [1.29, 1.82) is 0 Å². The smallest absolute Gasteiger partial charge is 0.261 e. The molecule has 0 atom stereocenters. The standard InChI is InChI=1S/C17H14BrClN2OS/c18-14-7-3-2-6-13(14)16(22)21-10-9-20-17(21)23-11-12-5-1-4-8-15(12)19/h1-8H,9-11H2. The zero-order valence-corrected chi connectivity index (χ0v) is 15.4. The summed E-state index contributed by atoms with van der Waals surface area (Å²) in [6, 6.07) is 15.2. The lowest BCUT2D eigenvalue weighted by molar-refractivity contribution is 0.0860. The largest absolute Gasteiger partial charge is 0.286 e. The Morgan fingerprint density at radius 2 is 1.96 bits per heavy atom. The van der Waals surface area contributed by atoms with Gasteiger partial charge in [0, 0.05) is 21.8 Å². The third-order valence-corrected chi connectivity index (χ3v) is 5.59. The zero-order chi connectivity index (χ0) is 16.2. The fraction of sp³-hybridized carbons (Fsp3) is 0.176. The summed E-state index contributed by atoms with van der Waals surface area (Å²) in [7, 11) is 0. The summed E-state index contributed by atoms with van der Waals surface area (Å²) >= 11 is 11.2. The molecule has 2 aromatic rings. The number of thioether (sulfide) groups is 1. The summed E-state index contributed by atoms with van der Waals surface area (Å²) in [6.45, 7) is 1.26. The van der Waals surface area contributed by atoms with Crippen LogP contribution >= 0.6 is 39.3 Å². The molecule has 0 bridgehead atoms. The highest BCUT2D eigenvalue weighted by Gasteiger charge is 2.26. The highest BCUT2D eigenvalue weighted by atomic mass is 79.9. The molecular weight excluding hydrogens is 396 g/mol. The number of hydrogen-bond donors (Lipinski definition) is 0. The first-order chi connectivity index (χ1) is 11.2. The SMILES string of the molecule is O=C(c1ccccc1Br)N1CCN=C1SCc1ccccc1Cl. The van der Waals surface area contributed by atoms with E-state index in [9.17, 15) is 4.79 Å². The van der Waals surface area contributed by atoms with Crippen molar-refractivity contribution in [2.24, 2.45) is 4.99 Å². The summed E-state index contributed by atoms with van der Waals surface area (Å²) in [5.74, 6) is 0.665. The molecule has 2 aromatic carbocycles. The van der Waals surface area contributed by atoms with E-state index in [0.717, 1.165) is 20.2 Å². The van der Waals surface area contributed by atoms with Gasteiger partial charge in [0.15, 0.2) is 5.17 Å². The number of halogens is 2. The van der Waals surface area contributed by atoms with E-state index in [-0.39, 0.29) is 5.91 Å². The molecule has 0 aromatic heterocycles. The average Bonchev–Trinajstić information content (AvgIpc) is 3.02. The molecule has 3 nitrogen and oxygen atoms in total. The number of carbonyl (C=O) groups excluding carboxylic acids is 1. The van der Waals surface area contributed by atoms with Crippen LogP contribution < -0.4 is 0 Å². The lowest BCUT2D eigenvalue weighted by Gasteiger charge is -2.18. The van der Waals surface area contributed by atoms with E-state index in [1.807, 2.05) is 48.5 Å². The van der Waals surface area contributed by atoms with Crippen LogP contribution in [0.15, 0.2) is 58.0 Å². The minimum absolute atomic E-state index is 0.0274. The summed E-state index contributed by atoms with van der Waals surface area (Å²) < 4.78 is 0.798. The second-order valence-electron chi connectivity index (χ2n) is 4.98. The van der Waals surface area contributed by atoms with E-state index in [0.29, 0.717) is 24.4 Å². The summed E-state index contributed by atoms with van der Waals surface area (Å²) in [6.07, 6.45) is 0. The van der Waals surface area contributed by atoms with Crippen LogP contribution in [0.4, 0.5) is 0 Å². The van der Waals surface area contributed by atoms with Crippen molar-refractivity contribution in [1.82, 2.24) is 4.90 Å². The molecule has 3 rings (SSSR count). The molecule has 0 radical (unpaired) electrons. The monoisotopic (exact) mass is 408 g/mol. The van der Waals surface area contributed by atoms with Crippen LogP contribution in [0.2, 0.25) is 5.02 Å². The molecule has 23 heavy (non-hydrogen) atoms. The van der Waals surface area contributed by atoms with Gasteiger partial charge < -0.3 is 0 Å². The molecule has 0 fully saturated rings. The second-order valence-corrected chi connectivity index (χ2v) is 7.19. The van der Waals surface area contributed by atoms with Gasteiger partial charge in [0.1, 0.15) is 0 Å². The first kappa shape index (κ1) is 16.6. The molecule has 0 saturated heterocycles.